The van der Waals surface area contributed by atoms with Crippen LogP contribution >= 0.6 is 0 Å². The van der Waals surface area contributed by atoms with Crippen molar-refractivity contribution in [1.82, 2.24) is 0 Å². The first-order chi connectivity index (χ1) is 8.68. The molecule has 1 aromatic rings. The van der Waals surface area contributed by atoms with Gasteiger partial charge in [-0.15, -0.1) is 0 Å². The summed E-state index contributed by atoms with van der Waals surface area (Å²) in [6.45, 7) is 8.03. The lowest BCUT2D eigenvalue weighted by atomic mass is 9.77. The Morgan fingerprint density at radius 3 is 2.44 bits per heavy atom. The Hall–Kier alpha value is -0.820. The summed E-state index contributed by atoms with van der Waals surface area (Å²) >= 11 is 0. The van der Waals surface area contributed by atoms with Gasteiger partial charge in [0.15, 0.2) is 0 Å². The zero-order chi connectivity index (χ0) is 12.7. The van der Waals surface area contributed by atoms with Crippen molar-refractivity contribution in [3.8, 4) is 0 Å². The van der Waals surface area contributed by atoms with Crippen LogP contribution in [0.3, 0.4) is 0 Å². The van der Waals surface area contributed by atoms with Gasteiger partial charge in [0.1, 0.15) is 0 Å². The monoisotopic (exact) mass is 244 g/mol. The molecule has 2 aliphatic carbocycles. The second-order valence-electron chi connectivity index (χ2n) is 6.43. The molecule has 4 unspecified atom stereocenters. The molecule has 2 aliphatic rings. The molecular formula is C17H24O. The van der Waals surface area contributed by atoms with Crippen LogP contribution in [0.2, 0.25) is 0 Å². The fraction of sp³-hybridized carbons (Fsp3) is 0.647. The minimum Gasteiger partial charge on any atom is -0.373 e. The molecule has 0 N–H and O–H groups in total. The summed E-state index contributed by atoms with van der Waals surface area (Å²) in [4.78, 5) is 0. The van der Waals surface area contributed by atoms with Crippen molar-refractivity contribution in [2.24, 2.45) is 29.6 Å². The molecule has 6 atom stereocenters. The lowest BCUT2D eigenvalue weighted by Crippen LogP contribution is -2.23. The van der Waals surface area contributed by atoms with Crippen molar-refractivity contribution >= 4 is 0 Å². The predicted octanol–water partition coefficient (Wildman–Crippen LogP) is 4.13. The summed E-state index contributed by atoms with van der Waals surface area (Å²) < 4.78 is 6.29. The lowest BCUT2D eigenvalue weighted by Gasteiger charge is -2.28. The molecule has 2 saturated carbocycles. The van der Waals surface area contributed by atoms with Crippen LogP contribution in [0.25, 0.3) is 0 Å². The highest BCUT2D eigenvalue weighted by Gasteiger charge is 2.54. The van der Waals surface area contributed by atoms with Gasteiger partial charge in [-0.1, -0.05) is 51.1 Å². The summed E-state index contributed by atoms with van der Waals surface area (Å²) in [7, 11) is 0. The smallest absolute Gasteiger partial charge is 0.0720 e. The van der Waals surface area contributed by atoms with E-state index in [4.69, 9.17) is 4.74 Å². The van der Waals surface area contributed by atoms with Gasteiger partial charge in [-0.2, -0.15) is 0 Å². The molecule has 0 aliphatic heterocycles. The van der Waals surface area contributed by atoms with Gasteiger partial charge < -0.3 is 4.74 Å². The maximum Gasteiger partial charge on any atom is 0.0720 e. The summed E-state index contributed by atoms with van der Waals surface area (Å²) in [5, 5.41) is 0. The molecule has 0 amide bonds. The van der Waals surface area contributed by atoms with Crippen LogP contribution in [0.15, 0.2) is 30.3 Å². The lowest BCUT2D eigenvalue weighted by molar-refractivity contribution is 0.00229. The Morgan fingerprint density at radius 2 is 1.78 bits per heavy atom. The molecule has 0 radical (unpaired) electrons. The van der Waals surface area contributed by atoms with E-state index in [-0.39, 0.29) is 0 Å². The molecule has 0 aromatic heterocycles. The third kappa shape index (κ3) is 1.89. The van der Waals surface area contributed by atoms with E-state index in [0.717, 1.165) is 36.2 Å². The molecule has 3 rings (SSSR count). The SMILES string of the molecule is CC1CC2C(OCc3ccccc3)C1[C@H](C)[C@H]2C. The Morgan fingerprint density at radius 1 is 1.06 bits per heavy atom. The molecule has 1 nitrogen and oxygen atoms in total. The number of rotatable bonds is 3. The minimum atomic E-state index is 0.505. The summed E-state index contributed by atoms with van der Waals surface area (Å²) in [6, 6.07) is 10.6. The first-order valence-corrected chi connectivity index (χ1v) is 7.34. The Labute approximate surface area is 111 Å². The highest BCUT2D eigenvalue weighted by molar-refractivity contribution is 5.14. The highest BCUT2D eigenvalue weighted by Crippen LogP contribution is 2.56. The Kier molecular flexibility index (Phi) is 3.19. The largest absolute Gasteiger partial charge is 0.373 e. The van der Waals surface area contributed by atoms with E-state index in [1.165, 1.54) is 12.0 Å². The van der Waals surface area contributed by atoms with Gasteiger partial charge in [0.05, 0.1) is 12.7 Å². The fourth-order valence-electron chi connectivity index (χ4n) is 4.40. The zero-order valence-electron chi connectivity index (χ0n) is 11.7. The molecule has 2 fully saturated rings. The maximum atomic E-state index is 6.29. The molecule has 0 spiro atoms. The predicted molar refractivity (Wildman–Crippen MR) is 74.1 cm³/mol. The molecule has 0 saturated heterocycles. The van der Waals surface area contributed by atoms with E-state index in [1.54, 1.807) is 0 Å². The number of hydrogen-bond donors (Lipinski definition) is 0. The quantitative estimate of drug-likeness (QED) is 0.777. The summed E-state index contributed by atoms with van der Waals surface area (Å²) in [5.74, 6) is 4.10. The van der Waals surface area contributed by atoms with Gasteiger partial charge in [0, 0.05) is 0 Å². The van der Waals surface area contributed by atoms with Gasteiger partial charge in [0.2, 0.25) is 0 Å². The van der Waals surface area contributed by atoms with Crippen molar-refractivity contribution < 1.29 is 4.74 Å². The van der Waals surface area contributed by atoms with Crippen LogP contribution in [-0.4, -0.2) is 6.10 Å². The van der Waals surface area contributed by atoms with Crippen molar-refractivity contribution in [2.75, 3.05) is 0 Å². The summed E-state index contributed by atoms with van der Waals surface area (Å²) in [5.41, 5.74) is 1.30. The fourth-order valence-corrected chi connectivity index (χ4v) is 4.40. The maximum absolute atomic E-state index is 6.29. The average Bonchev–Trinajstić information content (AvgIpc) is 2.82. The topological polar surface area (TPSA) is 9.23 Å². The molecule has 1 heteroatoms. The van der Waals surface area contributed by atoms with Crippen LogP contribution in [0.1, 0.15) is 32.8 Å². The van der Waals surface area contributed by atoms with Crippen LogP contribution in [0.4, 0.5) is 0 Å². The third-order valence-electron chi connectivity index (χ3n) is 5.50. The van der Waals surface area contributed by atoms with E-state index in [9.17, 15) is 0 Å². The molecule has 2 bridgehead atoms. The Balaban J connectivity index is 1.67. The van der Waals surface area contributed by atoms with Gasteiger partial charge in [-0.05, 0) is 41.6 Å². The third-order valence-corrected chi connectivity index (χ3v) is 5.50. The number of hydrogen-bond acceptors (Lipinski definition) is 1. The van der Waals surface area contributed by atoms with Crippen molar-refractivity contribution in [3.63, 3.8) is 0 Å². The van der Waals surface area contributed by atoms with Gasteiger partial charge in [-0.3, -0.25) is 0 Å². The van der Waals surface area contributed by atoms with E-state index < -0.39 is 0 Å². The first kappa shape index (κ1) is 12.2. The van der Waals surface area contributed by atoms with E-state index >= 15 is 0 Å². The highest BCUT2D eigenvalue weighted by atomic mass is 16.5. The number of ether oxygens (including phenoxy) is 1. The van der Waals surface area contributed by atoms with Crippen LogP contribution in [-0.2, 0) is 11.3 Å². The molecular weight excluding hydrogens is 220 g/mol. The first-order valence-electron chi connectivity index (χ1n) is 7.34. The second-order valence-corrected chi connectivity index (χ2v) is 6.43. The van der Waals surface area contributed by atoms with Crippen LogP contribution in [0, 0.1) is 29.6 Å². The summed E-state index contributed by atoms with van der Waals surface area (Å²) in [6.07, 6.45) is 1.88. The number of fused-ring (bicyclic) bond motifs is 2. The zero-order valence-corrected chi connectivity index (χ0v) is 11.7. The van der Waals surface area contributed by atoms with Gasteiger partial charge in [-0.25, -0.2) is 0 Å². The van der Waals surface area contributed by atoms with Crippen LogP contribution in [0.5, 0.6) is 0 Å². The van der Waals surface area contributed by atoms with Gasteiger partial charge in [0.25, 0.3) is 0 Å². The van der Waals surface area contributed by atoms with Crippen LogP contribution < -0.4 is 0 Å². The average molecular weight is 244 g/mol. The molecule has 1 aromatic carbocycles. The minimum absolute atomic E-state index is 0.505. The van der Waals surface area contributed by atoms with E-state index in [1.807, 2.05) is 0 Å². The molecule has 0 heterocycles. The van der Waals surface area contributed by atoms with E-state index in [0.29, 0.717) is 6.10 Å². The van der Waals surface area contributed by atoms with Crippen molar-refractivity contribution in [1.29, 1.82) is 0 Å². The second kappa shape index (κ2) is 4.70. The molecule has 18 heavy (non-hydrogen) atoms. The van der Waals surface area contributed by atoms with Gasteiger partial charge >= 0.3 is 0 Å². The van der Waals surface area contributed by atoms with Crippen molar-refractivity contribution in [3.05, 3.63) is 35.9 Å². The number of benzene rings is 1. The van der Waals surface area contributed by atoms with Crippen molar-refractivity contribution in [2.45, 2.75) is 39.9 Å². The van der Waals surface area contributed by atoms with E-state index in [2.05, 4.69) is 51.1 Å². The Bertz CT molecular complexity index is 399. The molecule has 98 valence electrons. The standard InChI is InChI=1S/C17H24O/c1-11-9-15-12(2)13(3)16(11)17(15)18-10-14-7-5-4-6-8-14/h4-8,11-13,15-17H,9-10H2,1-3H3/t11?,12-,13-,15?,16?,17?/m1/s1. The normalized spacial score (nSPS) is 42.4.